The second-order valence-corrected chi connectivity index (χ2v) is 9.55. The molecule has 3 rings (SSSR count). The third-order valence-electron chi connectivity index (χ3n) is 5.36. The van der Waals surface area contributed by atoms with Crippen LogP contribution in [-0.2, 0) is 14.4 Å². The molecule has 0 aliphatic carbocycles. The predicted octanol–water partition coefficient (Wildman–Crippen LogP) is 4.50. The Balaban J connectivity index is 1.96. The molecule has 0 aliphatic rings. The lowest BCUT2D eigenvalue weighted by Gasteiger charge is -2.34. The van der Waals surface area contributed by atoms with E-state index in [1.165, 1.54) is 17.0 Å². The van der Waals surface area contributed by atoms with Crippen LogP contribution in [0, 0.1) is 6.92 Å². The number of carbonyl (C=O) groups excluding carboxylic acids is 3. The van der Waals surface area contributed by atoms with Gasteiger partial charge in [0.15, 0.2) is 0 Å². The van der Waals surface area contributed by atoms with Crippen molar-refractivity contribution in [1.82, 2.24) is 10.3 Å². The van der Waals surface area contributed by atoms with Crippen molar-refractivity contribution in [3.63, 3.8) is 0 Å². The van der Waals surface area contributed by atoms with Gasteiger partial charge in [-0.25, -0.2) is 4.98 Å². The number of amides is 3. The molecule has 3 aromatic rings. The number of para-hydroxylation sites is 1. The van der Waals surface area contributed by atoms with E-state index in [0.717, 1.165) is 5.56 Å². The predicted molar refractivity (Wildman–Crippen MR) is 140 cm³/mol. The van der Waals surface area contributed by atoms with Crippen LogP contribution in [0.2, 0.25) is 0 Å². The quantitative estimate of drug-likeness (QED) is 0.432. The zero-order valence-electron chi connectivity index (χ0n) is 21.0. The number of carbonyl (C=O) groups is 3. The molecule has 0 radical (unpaired) electrons. The maximum absolute atomic E-state index is 13.7. The number of hydrogen-bond donors (Lipinski definition) is 3. The summed E-state index contributed by atoms with van der Waals surface area (Å²) in [7, 11) is 0. The molecule has 0 bridgehead atoms. The summed E-state index contributed by atoms with van der Waals surface area (Å²) < 4.78 is 0. The molecule has 3 amide bonds. The molecule has 1 atom stereocenters. The molecule has 1 aromatic heterocycles. The standard InChI is InChI=1S/C28H32N4O4/c1-19-9-5-6-10-22(19)32(25(35)17-16-24(34)30-23-11-7-8-18-29-23)26(27(36)31-28(2,3)4)20-12-14-21(33)15-13-20/h5-15,18,26,33H,16-17H2,1-4H3,(H,31,36)(H,29,30,34)/t26-/m1/s1. The van der Waals surface area contributed by atoms with Crippen molar-refractivity contribution in [2.75, 3.05) is 10.2 Å². The minimum absolute atomic E-state index is 0.0497. The van der Waals surface area contributed by atoms with E-state index >= 15 is 0 Å². The Hall–Kier alpha value is -4.20. The first kappa shape index (κ1) is 26.4. The Morgan fingerprint density at radius 3 is 2.22 bits per heavy atom. The lowest BCUT2D eigenvalue weighted by atomic mass is 9.99. The second kappa shape index (κ2) is 11.5. The normalized spacial score (nSPS) is 11.9. The van der Waals surface area contributed by atoms with Crippen LogP contribution in [-0.4, -0.2) is 33.4 Å². The number of nitrogens with zero attached hydrogens (tertiary/aromatic N) is 2. The van der Waals surface area contributed by atoms with Gasteiger partial charge in [-0.3, -0.25) is 19.3 Å². The van der Waals surface area contributed by atoms with Gasteiger partial charge >= 0.3 is 0 Å². The van der Waals surface area contributed by atoms with E-state index in [1.807, 2.05) is 39.8 Å². The Morgan fingerprint density at radius 2 is 1.61 bits per heavy atom. The van der Waals surface area contributed by atoms with E-state index < -0.39 is 11.6 Å². The molecule has 0 saturated carbocycles. The fourth-order valence-corrected chi connectivity index (χ4v) is 3.75. The number of aromatic nitrogens is 1. The molecule has 0 unspecified atom stereocenters. The van der Waals surface area contributed by atoms with Gasteiger partial charge in [0, 0.05) is 30.3 Å². The second-order valence-electron chi connectivity index (χ2n) is 9.55. The van der Waals surface area contributed by atoms with Crippen LogP contribution in [0.25, 0.3) is 0 Å². The van der Waals surface area contributed by atoms with Crippen LogP contribution < -0.4 is 15.5 Å². The molecule has 8 nitrogen and oxygen atoms in total. The van der Waals surface area contributed by atoms with Crippen molar-refractivity contribution >= 4 is 29.2 Å². The third-order valence-corrected chi connectivity index (χ3v) is 5.36. The highest BCUT2D eigenvalue weighted by Gasteiger charge is 2.35. The molecular weight excluding hydrogens is 456 g/mol. The molecule has 3 N–H and O–H groups in total. The van der Waals surface area contributed by atoms with Crippen LogP contribution in [0.15, 0.2) is 72.9 Å². The highest BCUT2D eigenvalue weighted by atomic mass is 16.3. The van der Waals surface area contributed by atoms with E-state index in [4.69, 9.17) is 0 Å². The average molecular weight is 489 g/mol. The van der Waals surface area contributed by atoms with Crippen molar-refractivity contribution in [3.05, 3.63) is 84.1 Å². The van der Waals surface area contributed by atoms with Crippen LogP contribution >= 0.6 is 0 Å². The SMILES string of the molecule is Cc1ccccc1N(C(=O)CCC(=O)Nc1ccccn1)[C@@H](C(=O)NC(C)(C)C)c1ccc(O)cc1. The number of aryl methyl sites for hydroxylation is 1. The topological polar surface area (TPSA) is 112 Å². The molecule has 0 fully saturated rings. The highest BCUT2D eigenvalue weighted by Crippen LogP contribution is 2.32. The highest BCUT2D eigenvalue weighted by molar-refractivity contribution is 6.03. The molecule has 1 heterocycles. The van der Waals surface area contributed by atoms with Gasteiger partial charge in [-0.05, 0) is 69.2 Å². The number of rotatable bonds is 8. The van der Waals surface area contributed by atoms with Gasteiger partial charge in [0.1, 0.15) is 17.6 Å². The Bertz CT molecular complexity index is 1200. The number of phenols is 1. The lowest BCUT2D eigenvalue weighted by Crippen LogP contribution is -2.49. The van der Waals surface area contributed by atoms with Gasteiger partial charge in [0.05, 0.1) is 0 Å². The van der Waals surface area contributed by atoms with Gasteiger partial charge in [-0.1, -0.05) is 36.4 Å². The minimum atomic E-state index is -1.02. The summed E-state index contributed by atoms with van der Waals surface area (Å²) in [6.45, 7) is 7.45. The van der Waals surface area contributed by atoms with Crippen molar-refractivity contribution in [2.45, 2.75) is 52.1 Å². The largest absolute Gasteiger partial charge is 0.508 e. The van der Waals surface area contributed by atoms with Gasteiger partial charge in [0.2, 0.25) is 17.7 Å². The van der Waals surface area contributed by atoms with Crippen LogP contribution in [0.4, 0.5) is 11.5 Å². The average Bonchev–Trinajstić information content (AvgIpc) is 2.82. The van der Waals surface area contributed by atoms with Crippen molar-refractivity contribution < 1.29 is 19.5 Å². The number of phenolic OH excluding ortho intramolecular Hbond substituents is 1. The smallest absolute Gasteiger partial charge is 0.248 e. The number of anilines is 2. The van der Waals surface area contributed by atoms with Gasteiger partial charge in [0.25, 0.3) is 0 Å². The summed E-state index contributed by atoms with van der Waals surface area (Å²) in [4.78, 5) is 45.3. The molecular formula is C28H32N4O4. The van der Waals surface area contributed by atoms with Crippen LogP contribution in [0.1, 0.15) is 50.8 Å². The Morgan fingerprint density at radius 1 is 0.944 bits per heavy atom. The zero-order valence-corrected chi connectivity index (χ0v) is 21.0. The molecule has 0 saturated heterocycles. The Kier molecular flexibility index (Phi) is 8.42. The maximum atomic E-state index is 13.7. The van der Waals surface area contributed by atoms with E-state index in [-0.39, 0.29) is 36.3 Å². The first-order valence-corrected chi connectivity index (χ1v) is 11.7. The fraction of sp³-hybridized carbons (Fsp3) is 0.286. The molecule has 8 heteroatoms. The van der Waals surface area contributed by atoms with Crippen LogP contribution in [0.5, 0.6) is 5.75 Å². The monoisotopic (exact) mass is 488 g/mol. The summed E-state index contributed by atoms with van der Waals surface area (Å²) >= 11 is 0. The summed E-state index contributed by atoms with van der Waals surface area (Å²) in [6, 6.07) is 17.6. The summed E-state index contributed by atoms with van der Waals surface area (Å²) in [6.07, 6.45) is 1.36. The lowest BCUT2D eigenvalue weighted by molar-refractivity contribution is -0.128. The maximum Gasteiger partial charge on any atom is 0.248 e. The molecule has 0 spiro atoms. The molecule has 188 valence electrons. The third kappa shape index (κ3) is 7.15. The zero-order chi connectivity index (χ0) is 26.3. The van der Waals surface area contributed by atoms with E-state index in [9.17, 15) is 19.5 Å². The van der Waals surface area contributed by atoms with E-state index in [2.05, 4.69) is 15.6 Å². The van der Waals surface area contributed by atoms with E-state index in [0.29, 0.717) is 17.1 Å². The number of benzene rings is 2. The molecule has 2 aromatic carbocycles. The summed E-state index contributed by atoms with van der Waals surface area (Å²) in [5.41, 5.74) is 1.35. The number of aromatic hydroxyl groups is 1. The number of pyridine rings is 1. The van der Waals surface area contributed by atoms with Gasteiger partial charge in [-0.2, -0.15) is 0 Å². The Labute approximate surface area is 211 Å². The minimum Gasteiger partial charge on any atom is -0.508 e. The first-order chi connectivity index (χ1) is 17.0. The number of hydrogen-bond acceptors (Lipinski definition) is 5. The fourth-order valence-electron chi connectivity index (χ4n) is 3.75. The van der Waals surface area contributed by atoms with Crippen molar-refractivity contribution in [3.8, 4) is 5.75 Å². The van der Waals surface area contributed by atoms with Crippen molar-refractivity contribution in [1.29, 1.82) is 0 Å². The van der Waals surface area contributed by atoms with Gasteiger partial charge < -0.3 is 15.7 Å². The van der Waals surface area contributed by atoms with Crippen molar-refractivity contribution in [2.24, 2.45) is 0 Å². The summed E-state index contributed by atoms with van der Waals surface area (Å²) in [5, 5.41) is 15.5. The first-order valence-electron chi connectivity index (χ1n) is 11.7. The molecule has 0 aliphatic heterocycles. The molecule has 36 heavy (non-hydrogen) atoms. The van der Waals surface area contributed by atoms with Crippen LogP contribution in [0.3, 0.4) is 0 Å². The van der Waals surface area contributed by atoms with E-state index in [1.54, 1.807) is 48.7 Å². The summed E-state index contributed by atoms with van der Waals surface area (Å²) in [5.74, 6) is -0.664. The number of nitrogens with one attached hydrogen (secondary N) is 2. The van der Waals surface area contributed by atoms with Gasteiger partial charge in [-0.15, -0.1) is 0 Å².